The van der Waals surface area contributed by atoms with Crippen molar-refractivity contribution in [1.82, 2.24) is 10.3 Å². The number of aryl methyl sites for hydroxylation is 1. The highest BCUT2D eigenvalue weighted by Gasteiger charge is 2.23. The van der Waals surface area contributed by atoms with Gasteiger partial charge in [-0.05, 0) is 48.7 Å². The van der Waals surface area contributed by atoms with Crippen molar-refractivity contribution in [3.8, 4) is 0 Å². The van der Waals surface area contributed by atoms with E-state index in [1.807, 2.05) is 36.5 Å². The highest BCUT2D eigenvalue weighted by molar-refractivity contribution is 5.94. The molecule has 4 heteroatoms. The number of aromatic nitrogens is 1. The number of nitrogens with zero attached hydrogens (tertiary/aromatic N) is 1. The van der Waals surface area contributed by atoms with Crippen LogP contribution in [0.15, 0.2) is 42.6 Å². The van der Waals surface area contributed by atoms with Gasteiger partial charge in [0.15, 0.2) is 0 Å². The second kappa shape index (κ2) is 5.33. The van der Waals surface area contributed by atoms with Gasteiger partial charge >= 0.3 is 0 Å². The number of rotatable bonds is 3. The number of nitrogens with one attached hydrogen (secondary N) is 2. The molecule has 1 aliphatic rings. The van der Waals surface area contributed by atoms with Crippen LogP contribution in [-0.4, -0.2) is 17.9 Å². The average Bonchev–Trinajstić information content (AvgIpc) is 2.91. The van der Waals surface area contributed by atoms with Gasteiger partial charge in [-0.25, -0.2) is 0 Å². The van der Waals surface area contributed by atoms with Gasteiger partial charge in [-0.15, -0.1) is 0 Å². The fraction of sp³-hybridized carbons (Fsp3) is 0.250. The molecule has 0 radical (unpaired) electrons. The molecule has 0 saturated heterocycles. The Morgan fingerprint density at radius 2 is 2.05 bits per heavy atom. The number of fused-ring (bicyclic) bond motifs is 1. The maximum Gasteiger partial charge on any atom is 0.251 e. The molecule has 1 aromatic carbocycles. The van der Waals surface area contributed by atoms with Gasteiger partial charge in [0.1, 0.15) is 0 Å². The Kier molecular flexibility index (Phi) is 3.37. The third-order valence-corrected chi connectivity index (χ3v) is 3.67. The molecule has 1 aliphatic carbocycles. The van der Waals surface area contributed by atoms with E-state index in [-0.39, 0.29) is 11.9 Å². The van der Waals surface area contributed by atoms with Gasteiger partial charge in [0.25, 0.3) is 5.91 Å². The first-order valence-electron chi connectivity index (χ1n) is 6.80. The van der Waals surface area contributed by atoms with Crippen molar-refractivity contribution >= 4 is 11.6 Å². The van der Waals surface area contributed by atoms with E-state index in [9.17, 15) is 4.79 Å². The van der Waals surface area contributed by atoms with Gasteiger partial charge in [-0.2, -0.15) is 0 Å². The van der Waals surface area contributed by atoms with Crippen molar-refractivity contribution < 1.29 is 4.79 Å². The van der Waals surface area contributed by atoms with Crippen molar-refractivity contribution in [3.05, 3.63) is 59.4 Å². The minimum absolute atomic E-state index is 0.0653. The van der Waals surface area contributed by atoms with E-state index in [0.717, 1.165) is 24.2 Å². The van der Waals surface area contributed by atoms with Crippen LogP contribution in [0.3, 0.4) is 0 Å². The minimum atomic E-state index is -0.0653. The van der Waals surface area contributed by atoms with Crippen LogP contribution >= 0.6 is 0 Å². The molecule has 2 N–H and O–H groups in total. The van der Waals surface area contributed by atoms with Crippen molar-refractivity contribution in [1.29, 1.82) is 0 Å². The molecule has 1 atom stereocenters. The summed E-state index contributed by atoms with van der Waals surface area (Å²) in [6.45, 7) is 0. The number of hydrogen-bond donors (Lipinski definition) is 2. The van der Waals surface area contributed by atoms with Crippen LogP contribution in [0.4, 0.5) is 5.69 Å². The zero-order valence-corrected chi connectivity index (χ0v) is 11.4. The molecule has 1 unspecified atom stereocenters. The van der Waals surface area contributed by atoms with Crippen LogP contribution in [-0.2, 0) is 6.42 Å². The van der Waals surface area contributed by atoms with Crippen molar-refractivity contribution in [3.63, 3.8) is 0 Å². The summed E-state index contributed by atoms with van der Waals surface area (Å²) in [6.07, 6.45) is 3.97. The lowest BCUT2D eigenvalue weighted by Gasteiger charge is -2.14. The monoisotopic (exact) mass is 267 g/mol. The number of hydrogen-bond acceptors (Lipinski definition) is 3. The van der Waals surface area contributed by atoms with Crippen LogP contribution in [0.5, 0.6) is 0 Å². The molecular weight excluding hydrogens is 250 g/mol. The van der Waals surface area contributed by atoms with Crippen LogP contribution in [0.2, 0.25) is 0 Å². The quantitative estimate of drug-likeness (QED) is 0.898. The largest absolute Gasteiger partial charge is 0.377 e. The van der Waals surface area contributed by atoms with Crippen LogP contribution in [0.1, 0.15) is 34.1 Å². The topological polar surface area (TPSA) is 54.0 Å². The number of amides is 1. The Labute approximate surface area is 118 Å². The molecule has 2 aromatic rings. The van der Waals surface area contributed by atoms with E-state index in [2.05, 4.69) is 21.7 Å². The molecule has 0 saturated carbocycles. The minimum Gasteiger partial charge on any atom is -0.377 e. The average molecular weight is 267 g/mol. The Morgan fingerprint density at radius 3 is 2.80 bits per heavy atom. The van der Waals surface area contributed by atoms with Gasteiger partial charge in [0.2, 0.25) is 0 Å². The van der Waals surface area contributed by atoms with Crippen LogP contribution in [0, 0.1) is 0 Å². The molecule has 1 heterocycles. The summed E-state index contributed by atoms with van der Waals surface area (Å²) in [4.78, 5) is 16.0. The summed E-state index contributed by atoms with van der Waals surface area (Å²) < 4.78 is 0. The van der Waals surface area contributed by atoms with Crippen molar-refractivity contribution in [2.75, 3.05) is 12.4 Å². The summed E-state index contributed by atoms with van der Waals surface area (Å²) in [5.41, 5.74) is 4.15. The Balaban J connectivity index is 1.75. The fourth-order valence-corrected chi connectivity index (χ4v) is 2.62. The number of benzene rings is 1. The lowest BCUT2D eigenvalue weighted by Crippen LogP contribution is -2.17. The van der Waals surface area contributed by atoms with E-state index in [0.29, 0.717) is 5.56 Å². The van der Waals surface area contributed by atoms with Gasteiger partial charge in [0.05, 0.1) is 11.7 Å². The molecule has 0 bridgehead atoms. The predicted molar refractivity (Wildman–Crippen MR) is 78.8 cm³/mol. The normalized spacial score (nSPS) is 16.6. The highest BCUT2D eigenvalue weighted by Crippen LogP contribution is 2.31. The van der Waals surface area contributed by atoms with E-state index in [1.54, 1.807) is 7.05 Å². The number of anilines is 1. The van der Waals surface area contributed by atoms with Crippen LogP contribution < -0.4 is 10.6 Å². The molecule has 0 fully saturated rings. The third kappa shape index (κ3) is 2.37. The molecule has 3 rings (SSSR count). The summed E-state index contributed by atoms with van der Waals surface area (Å²) in [6, 6.07) is 11.9. The van der Waals surface area contributed by atoms with E-state index < -0.39 is 0 Å². The maximum atomic E-state index is 11.5. The first kappa shape index (κ1) is 12.7. The molecule has 1 amide bonds. The fourth-order valence-electron chi connectivity index (χ4n) is 2.62. The van der Waals surface area contributed by atoms with Gasteiger partial charge < -0.3 is 10.6 Å². The van der Waals surface area contributed by atoms with Gasteiger partial charge in [-0.3, -0.25) is 9.78 Å². The van der Waals surface area contributed by atoms with Crippen molar-refractivity contribution in [2.45, 2.75) is 18.9 Å². The summed E-state index contributed by atoms with van der Waals surface area (Å²) in [5, 5.41) is 6.10. The second-order valence-electron chi connectivity index (χ2n) is 4.94. The first-order valence-corrected chi connectivity index (χ1v) is 6.80. The van der Waals surface area contributed by atoms with Crippen molar-refractivity contribution in [2.24, 2.45) is 0 Å². The molecule has 0 spiro atoms. The molecule has 1 aromatic heterocycles. The van der Waals surface area contributed by atoms with E-state index >= 15 is 0 Å². The van der Waals surface area contributed by atoms with E-state index in [4.69, 9.17) is 0 Å². The second-order valence-corrected chi connectivity index (χ2v) is 4.94. The number of carbonyl (C=O) groups excluding carboxylic acids is 1. The van der Waals surface area contributed by atoms with Gasteiger partial charge in [0, 0.05) is 24.5 Å². The summed E-state index contributed by atoms with van der Waals surface area (Å²) in [5.74, 6) is -0.0653. The Bertz CT molecular complexity index is 622. The number of pyridine rings is 1. The maximum absolute atomic E-state index is 11.5. The zero-order valence-electron chi connectivity index (χ0n) is 11.4. The molecule has 20 heavy (non-hydrogen) atoms. The zero-order chi connectivity index (χ0) is 13.9. The van der Waals surface area contributed by atoms with Gasteiger partial charge in [-0.1, -0.05) is 6.07 Å². The van der Waals surface area contributed by atoms with Crippen LogP contribution in [0.25, 0.3) is 0 Å². The number of carbonyl (C=O) groups is 1. The lowest BCUT2D eigenvalue weighted by atomic mass is 10.1. The highest BCUT2D eigenvalue weighted by atomic mass is 16.1. The lowest BCUT2D eigenvalue weighted by molar-refractivity contribution is 0.0963. The molecule has 4 nitrogen and oxygen atoms in total. The Hall–Kier alpha value is -2.36. The summed E-state index contributed by atoms with van der Waals surface area (Å²) >= 11 is 0. The first-order chi connectivity index (χ1) is 9.78. The smallest absolute Gasteiger partial charge is 0.251 e. The van der Waals surface area contributed by atoms with E-state index in [1.165, 1.54) is 5.56 Å². The molecular formula is C16H17N3O. The molecule has 0 aliphatic heterocycles. The SMILES string of the molecule is CNC(=O)c1ccc(NC2CCc3cccnc32)cc1. The predicted octanol–water partition coefficient (Wildman–Crippen LogP) is 2.54. The third-order valence-electron chi connectivity index (χ3n) is 3.67. The summed E-state index contributed by atoms with van der Waals surface area (Å²) in [7, 11) is 1.63. The molecule has 102 valence electrons. The standard InChI is InChI=1S/C16H17N3O/c1-17-16(20)12-4-7-13(8-5-12)19-14-9-6-11-3-2-10-18-15(11)14/h2-5,7-8,10,14,19H,6,9H2,1H3,(H,17,20). The Morgan fingerprint density at radius 1 is 1.25 bits per heavy atom.